The number of aryl methyl sites for hydroxylation is 1. The number of fused-ring (bicyclic) bond motifs is 3. The van der Waals surface area contributed by atoms with Crippen LogP contribution in [-0.2, 0) is 12.8 Å². The van der Waals surface area contributed by atoms with Gasteiger partial charge in [0.25, 0.3) is 0 Å². The van der Waals surface area contributed by atoms with Crippen molar-refractivity contribution in [3.8, 4) is 5.75 Å². The van der Waals surface area contributed by atoms with Gasteiger partial charge in [-0.3, -0.25) is 0 Å². The molecular weight excluding hydrogens is 196 g/mol. The van der Waals surface area contributed by atoms with Gasteiger partial charge in [0.15, 0.2) is 0 Å². The second kappa shape index (κ2) is 3.67. The second-order valence-electron chi connectivity index (χ2n) is 4.29. The molecule has 1 aliphatic rings. The highest BCUT2D eigenvalue weighted by Crippen LogP contribution is 2.33. The van der Waals surface area contributed by atoms with E-state index in [9.17, 15) is 5.11 Å². The number of phenolic OH excluding ortho intramolecular Hbond substituents is 1. The van der Waals surface area contributed by atoms with E-state index >= 15 is 0 Å². The van der Waals surface area contributed by atoms with Gasteiger partial charge in [0.2, 0.25) is 0 Å². The molecule has 1 heteroatoms. The number of hydrogen-bond acceptors (Lipinski definition) is 1. The molecule has 0 radical (unpaired) electrons. The zero-order valence-corrected chi connectivity index (χ0v) is 9.11. The molecule has 0 aromatic heterocycles. The molecule has 0 atom stereocenters. The van der Waals surface area contributed by atoms with E-state index < -0.39 is 0 Å². The summed E-state index contributed by atoms with van der Waals surface area (Å²) in [5, 5.41) is 12.5. The summed E-state index contributed by atoms with van der Waals surface area (Å²) in [4.78, 5) is 0. The first-order valence-electron chi connectivity index (χ1n) is 5.74. The average Bonchev–Trinajstić information content (AvgIpc) is 2.55. The molecule has 80 valence electrons. The number of allylic oxidation sites excluding steroid dienone is 2. The maximum absolute atomic E-state index is 10.0. The summed E-state index contributed by atoms with van der Waals surface area (Å²) in [6, 6.07) is 10.2. The molecule has 3 rings (SSSR count). The quantitative estimate of drug-likeness (QED) is 0.659. The van der Waals surface area contributed by atoms with Gasteiger partial charge in [-0.2, -0.15) is 0 Å². The zero-order valence-electron chi connectivity index (χ0n) is 9.11. The van der Waals surface area contributed by atoms with Crippen LogP contribution in [0.4, 0.5) is 0 Å². The Kier molecular flexibility index (Phi) is 2.17. The third kappa shape index (κ3) is 1.40. The van der Waals surface area contributed by atoms with Crippen molar-refractivity contribution in [3.05, 3.63) is 53.6 Å². The van der Waals surface area contributed by atoms with E-state index in [0.717, 1.165) is 30.2 Å². The highest BCUT2D eigenvalue weighted by atomic mass is 16.3. The molecular formula is C15H14O. The molecule has 0 amide bonds. The molecule has 2 aromatic carbocycles. The van der Waals surface area contributed by atoms with E-state index in [2.05, 4.69) is 30.4 Å². The summed E-state index contributed by atoms with van der Waals surface area (Å²) >= 11 is 0. The Morgan fingerprint density at radius 2 is 1.88 bits per heavy atom. The van der Waals surface area contributed by atoms with E-state index in [1.54, 1.807) is 0 Å². The Balaban J connectivity index is 2.35. The van der Waals surface area contributed by atoms with Crippen LogP contribution in [0.2, 0.25) is 0 Å². The molecule has 0 unspecified atom stereocenters. The van der Waals surface area contributed by atoms with Crippen LogP contribution >= 0.6 is 0 Å². The number of aromatic hydroxyl groups is 1. The van der Waals surface area contributed by atoms with Crippen LogP contribution in [0.3, 0.4) is 0 Å². The first kappa shape index (κ1) is 9.46. The molecule has 1 aliphatic carbocycles. The maximum atomic E-state index is 10.0. The lowest BCUT2D eigenvalue weighted by molar-refractivity contribution is 0.470. The minimum Gasteiger partial charge on any atom is -0.508 e. The standard InChI is InChI=1S/C15H14O/c16-15-10-11-6-4-5-7-12(11)13-8-2-1-3-9-14(13)15/h1,3-7,10,16H,2,8-9H2. The van der Waals surface area contributed by atoms with E-state index in [1.165, 1.54) is 10.9 Å². The molecule has 0 heterocycles. The Labute approximate surface area is 95.0 Å². The Bertz CT molecular complexity index is 567. The normalized spacial score (nSPS) is 14.8. The predicted molar refractivity (Wildman–Crippen MR) is 66.8 cm³/mol. The van der Waals surface area contributed by atoms with Crippen LogP contribution in [-0.4, -0.2) is 5.11 Å². The minimum atomic E-state index is 0.445. The first-order valence-corrected chi connectivity index (χ1v) is 5.74. The molecule has 0 bridgehead atoms. The summed E-state index contributed by atoms with van der Waals surface area (Å²) < 4.78 is 0. The van der Waals surface area contributed by atoms with Gasteiger partial charge in [-0.05, 0) is 41.7 Å². The number of hydrogen-bond donors (Lipinski definition) is 1. The fourth-order valence-corrected chi connectivity index (χ4v) is 2.51. The van der Waals surface area contributed by atoms with E-state index in [4.69, 9.17) is 0 Å². The van der Waals surface area contributed by atoms with Gasteiger partial charge in [0.05, 0.1) is 0 Å². The van der Waals surface area contributed by atoms with E-state index in [1.807, 2.05) is 12.1 Å². The fraction of sp³-hybridized carbons (Fsp3) is 0.200. The monoisotopic (exact) mass is 210 g/mol. The fourth-order valence-electron chi connectivity index (χ4n) is 2.51. The van der Waals surface area contributed by atoms with E-state index in [0.29, 0.717) is 5.75 Å². The minimum absolute atomic E-state index is 0.445. The zero-order chi connectivity index (χ0) is 11.0. The van der Waals surface area contributed by atoms with E-state index in [-0.39, 0.29) is 0 Å². The number of rotatable bonds is 0. The summed E-state index contributed by atoms with van der Waals surface area (Å²) in [6.07, 6.45) is 7.31. The van der Waals surface area contributed by atoms with Crippen molar-refractivity contribution in [2.75, 3.05) is 0 Å². The maximum Gasteiger partial charge on any atom is 0.119 e. The van der Waals surface area contributed by atoms with Crippen LogP contribution in [0.25, 0.3) is 10.8 Å². The van der Waals surface area contributed by atoms with Crippen LogP contribution in [0.15, 0.2) is 42.5 Å². The third-order valence-electron chi connectivity index (χ3n) is 3.30. The van der Waals surface area contributed by atoms with Crippen molar-refractivity contribution in [2.45, 2.75) is 19.3 Å². The summed E-state index contributed by atoms with van der Waals surface area (Å²) in [5.74, 6) is 0.445. The molecule has 1 nitrogen and oxygen atoms in total. The molecule has 0 aliphatic heterocycles. The molecule has 0 fully saturated rings. The van der Waals surface area contributed by atoms with Crippen molar-refractivity contribution in [2.24, 2.45) is 0 Å². The van der Waals surface area contributed by atoms with Crippen LogP contribution in [0.5, 0.6) is 5.75 Å². The van der Waals surface area contributed by atoms with Crippen molar-refractivity contribution in [3.63, 3.8) is 0 Å². The van der Waals surface area contributed by atoms with Gasteiger partial charge in [0.1, 0.15) is 5.75 Å². The van der Waals surface area contributed by atoms with Gasteiger partial charge in [-0.1, -0.05) is 36.4 Å². The van der Waals surface area contributed by atoms with Crippen molar-refractivity contribution >= 4 is 10.8 Å². The van der Waals surface area contributed by atoms with Crippen molar-refractivity contribution < 1.29 is 5.11 Å². The first-order chi connectivity index (χ1) is 7.86. The summed E-state index contributed by atoms with van der Waals surface area (Å²) in [6.45, 7) is 0. The number of benzene rings is 2. The number of phenols is 1. The smallest absolute Gasteiger partial charge is 0.119 e. The van der Waals surface area contributed by atoms with Gasteiger partial charge >= 0.3 is 0 Å². The largest absolute Gasteiger partial charge is 0.508 e. The molecule has 2 aromatic rings. The lowest BCUT2D eigenvalue weighted by atomic mass is 9.94. The summed E-state index contributed by atoms with van der Waals surface area (Å²) in [7, 11) is 0. The molecule has 0 saturated heterocycles. The van der Waals surface area contributed by atoms with Crippen LogP contribution < -0.4 is 0 Å². The highest BCUT2D eigenvalue weighted by Gasteiger charge is 2.12. The van der Waals surface area contributed by atoms with Crippen molar-refractivity contribution in [1.29, 1.82) is 0 Å². The molecule has 0 spiro atoms. The third-order valence-corrected chi connectivity index (χ3v) is 3.30. The lowest BCUT2D eigenvalue weighted by Gasteiger charge is -2.12. The van der Waals surface area contributed by atoms with Gasteiger partial charge < -0.3 is 5.11 Å². The molecule has 0 saturated carbocycles. The Hall–Kier alpha value is -1.76. The van der Waals surface area contributed by atoms with Crippen LogP contribution in [0, 0.1) is 0 Å². The Morgan fingerprint density at radius 1 is 1.00 bits per heavy atom. The van der Waals surface area contributed by atoms with Gasteiger partial charge in [-0.25, -0.2) is 0 Å². The van der Waals surface area contributed by atoms with Gasteiger partial charge in [0, 0.05) is 5.56 Å². The SMILES string of the molecule is Oc1cc2ccccc2c2c1CC=CCC2. The van der Waals surface area contributed by atoms with Crippen molar-refractivity contribution in [1.82, 2.24) is 0 Å². The van der Waals surface area contributed by atoms with Gasteiger partial charge in [-0.15, -0.1) is 0 Å². The Morgan fingerprint density at radius 3 is 2.81 bits per heavy atom. The van der Waals surface area contributed by atoms with Crippen LogP contribution in [0.1, 0.15) is 17.5 Å². The topological polar surface area (TPSA) is 20.2 Å². The highest BCUT2D eigenvalue weighted by molar-refractivity contribution is 5.88. The molecule has 1 N–H and O–H groups in total. The summed E-state index contributed by atoms with van der Waals surface area (Å²) in [5.41, 5.74) is 2.42. The lowest BCUT2D eigenvalue weighted by Crippen LogP contribution is -1.93. The predicted octanol–water partition coefficient (Wildman–Crippen LogP) is 3.59. The average molecular weight is 210 g/mol. The molecule has 16 heavy (non-hydrogen) atoms. The second-order valence-corrected chi connectivity index (χ2v) is 4.29.